The molecular formula is C14H24O5. The summed E-state index contributed by atoms with van der Waals surface area (Å²) in [5.74, 6) is -1.89. The normalized spacial score (nSPS) is 31.1. The van der Waals surface area contributed by atoms with Crippen LogP contribution in [-0.2, 0) is 14.3 Å². The number of hydrogen-bond donors (Lipinski definition) is 2. The smallest absolute Gasteiger partial charge is 0.336 e. The lowest BCUT2D eigenvalue weighted by Crippen LogP contribution is -2.46. The van der Waals surface area contributed by atoms with Crippen molar-refractivity contribution in [2.75, 3.05) is 0 Å². The van der Waals surface area contributed by atoms with E-state index in [0.717, 1.165) is 0 Å². The van der Waals surface area contributed by atoms with Gasteiger partial charge in [-0.05, 0) is 31.1 Å². The first-order chi connectivity index (χ1) is 8.69. The fourth-order valence-corrected chi connectivity index (χ4v) is 2.99. The molecule has 0 bridgehead atoms. The topological polar surface area (TPSA) is 83.8 Å². The Morgan fingerprint density at radius 3 is 2.16 bits per heavy atom. The van der Waals surface area contributed by atoms with Crippen LogP contribution in [0.4, 0.5) is 0 Å². The predicted molar refractivity (Wildman–Crippen MR) is 69.9 cm³/mol. The van der Waals surface area contributed by atoms with Gasteiger partial charge in [-0.1, -0.05) is 27.7 Å². The second kappa shape index (κ2) is 5.90. The standard InChI is InChI=1S/C14H24O5/c1-8(2)5-10-6-11(12(15)16)19-14(10,13(17)18)7-9(3)4/h8-11H,5-7H2,1-4H3,(H,15,16)(H,17,18). The summed E-state index contributed by atoms with van der Waals surface area (Å²) < 4.78 is 5.50. The molecule has 0 spiro atoms. The maximum atomic E-state index is 11.7. The number of ether oxygens (including phenoxy) is 1. The predicted octanol–water partition coefficient (Wildman–Crippen LogP) is 2.39. The number of hydrogen-bond acceptors (Lipinski definition) is 3. The zero-order chi connectivity index (χ0) is 14.8. The van der Waals surface area contributed by atoms with Gasteiger partial charge in [0.1, 0.15) is 0 Å². The van der Waals surface area contributed by atoms with E-state index in [1.54, 1.807) is 0 Å². The average Bonchev–Trinajstić information content (AvgIpc) is 2.57. The van der Waals surface area contributed by atoms with E-state index in [-0.39, 0.29) is 18.3 Å². The summed E-state index contributed by atoms with van der Waals surface area (Å²) in [7, 11) is 0. The Labute approximate surface area is 114 Å². The van der Waals surface area contributed by atoms with Gasteiger partial charge in [0.25, 0.3) is 0 Å². The molecular weight excluding hydrogens is 248 g/mol. The van der Waals surface area contributed by atoms with E-state index in [4.69, 9.17) is 9.84 Å². The summed E-state index contributed by atoms with van der Waals surface area (Å²) in [6.07, 6.45) is 0.303. The van der Waals surface area contributed by atoms with Gasteiger partial charge in [0.05, 0.1) is 0 Å². The highest BCUT2D eigenvalue weighted by Crippen LogP contribution is 2.44. The van der Waals surface area contributed by atoms with Crippen LogP contribution in [0, 0.1) is 17.8 Å². The number of carbonyl (C=O) groups is 2. The lowest BCUT2D eigenvalue weighted by atomic mass is 9.76. The number of carboxylic acids is 2. The molecule has 1 aliphatic heterocycles. The highest BCUT2D eigenvalue weighted by atomic mass is 16.6. The van der Waals surface area contributed by atoms with E-state index in [0.29, 0.717) is 18.8 Å². The van der Waals surface area contributed by atoms with Crippen LogP contribution >= 0.6 is 0 Å². The minimum Gasteiger partial charge on any atom is -0.479 e. The second-order valence-corrected chi connectivity index (χ2v) is 6.30. The molecule has 5 nitrogen and oxygen atoms in total. The molecule has 0 radical (unpaired) electrons. The largest absolute Gasteiger partial charge is 0.479 e. The van der Waals surface area contributed by atoms with E-state index in [1.165, 1.54) is 0 Å². The first-order valence-corrected chi connectivity index (χ1v) is 6.83. The van der Waals surface area contributed by atoms with Crippen LogP contribution < -0.4 is 0 Å². The third-order valence-electron chi connectivity index (χ3n) is 3.62. The van der Waals surface area contributed by atoms with E-state index < -0.39 is 23.6 Å². The highest BCUT2D eigenvalue weighted by molar-refractivity contribution is 5.81. The van der Waals surface area contributed by atoms with E-state index in [9.17, 15) is 14.7 Å². The number of carboxylic acid groups (broad SMARTS) is 2. The van der Waals surface area contributed by atoms with Crippen molar-refractivity contribution in [3.05, 3.63) is 0 Å². The summed E-state index contributed by atoms with van der Waals surface area (Å²) >= 11 is 0. The Morgan fingerprint density at radius 1 is 1.21 bits per heavy atom. The maximum Gasteiger partial charge on any atom is 0.336 e. The minimum atomic E-state index is -1.35. The van der Waals surface area contributed by atoms with Gasteiger partial charge in [-0.3, -0.25) is 0 Å². The van der Waals surface area contributed by atoms with Crippen LogP contribution in [0.2, 0.25) is 0 Å². The monoisotopic (exact) mass is 272 g/mol. The quantitative estimate of drug-likeness (QED) is 0.775. The number of aliphatic carboxylic acids is 2. The third-order valence-corrected chi connectivity index (χ3v) is 3.62. The fourth-order valence-electron chi connectivity index (χ4n) is 2.99. The van der Waals surface area contributed by atoms with Crippen molar-refractivity contribution in [1.29, 1.82) is 0 Å². The molecule has 0 amide bonds. The van der Waals surface area contributed by atoms with Gasteiger partial charge in [0.2, 0.25) is 0 Å². The van der Waals surface area contributed by atoms with Gasteiger partial charge in [-0.2, -0.15) is 0 Å². The zero-order valence-electron chi connectivity index (χ0n) is 12.0. The Bertz CT molecular complexity index is 350. The molecule has 1 saturated heterocycles. The van der Waals surface area contributed by atoms with Gasteiger partial charge >= 0.3 is 11.9 Å². The van der Waals surface area contributed by atoms with Crippen molar-refractivity contribution in [1.82, 2.24) is 0 Å². The molecule has 0 aromatic rings. The van der Waals surface area contributed by atoms with Gasteiger partial charge in [0.15, 0.2) is 11.7 Å². The molecule has 0 aliphatic carbocycles. The highest BCUT2D eigenvalue weighted by Gasteiger charge is 2.56. The minimum absolute atomic E-state index is 0.137. The summed E-state index contributed by atoms with van der Waals surface area (Å²) in [5, 5.41) is 18.7. The summed E-state index contributed by atoms with van der Waals surface area (Å²) in [4.78, 5) is 22.8. The number of rotatable bonds is 6. The van der Waals surface area contributed by atoms with Crippen molar-refractivity contribution in [2.24, 2.45) is 17.8 Å². The van der Waals surface area contributed by atoms with Crippen LogP contribution in [0.1, 0.15) is 47.0 Å². The van der Waals surface area contributed by atoms with Crippen molar-refractivity contribution >= 4 is 11.9 Å². The molecule has 1 heterocycles. The lowest BCUT2D eigenvalue weighted by molar-refractivity contribution is -0.177. The van der Waals surface area contributed by atoms with Gasteiger partial charge in [0, 0.05) is 5.92 Å². The van der Waals surface area contributed by atoms with Crippen LogP contribution in [-0.4, -0.2) is 33.9 Å². The molecule has 0 saturated carbocycles. The second-order valence-electron chi connectivity index (χ2n) is 6.30. The molecule has 1 fully saturated rings. The van der Waals surface area contributed by atoms with Crippen molar-refractivity contribution in [3.8, 4) is 0 Å². The molecule has 1 aliphatic rings. The van der Waals surface area contributed by atoms with E-state index in [2.05, 4.69) is 0 Å². The van der Waals surface area contributed by atoms with Crippen LogP contribution in [0.5, 0.6) is 0 Å². The Balaban J connectivity index is 3.06. The van der Waals surface area contributed by atoms with Crippen LogP contribution in [0.25, 0.3) is 0 Å². The lowest BCUT2D eigenvalue weighted by Gasteiger charge is -2.32. The van der Waals surface area contributed by atoms with Crippen molar-refractivity contribution in [2.45, 2.75) is 58.7 Å². The fraction of sp³-hybridized carbons (Fsp3) is 0.857. The van der Waals surface area contributed by atoms with Gasteiger partial charge in [-0.15, -0.1) is 0 Å². The SMILES string of the molecule is CC(C)CC1CC(C(=O)O)OC1(CC(C)C)C(=O)O. The van der Waals surface area contributed by atoms with Gasteiger partial charge in [-0.25, -0.2) is 9.59 Å². The van der Waals surface area contributed by atoms with Crippen LogP contribution in [0.3, 0.4) is 0 Å². The zero-order valence-corrected chi connectivity index (χ0v) is 12.0. The van der Waals surface area contributed by atoms with Crippen molar-refractivity contribution in [3.63, 3.8) is 0 Å². The summed E-state index contributed by atoms with van der Waals surface area (Å²) in [5.41, 5.74) is -1.35. The molecule has 0 aromatic heterocycles. The van der Waals surface area contributed by atoms with E-state index >= 15 is 0 Å². The first kappa shape index (κ1) is 16.0. The van der Waals surface area contributed by atoms with Crippen molar-refractivity contribution < 1.29 is 24.5 Å². The maximum absolute atomic E-state index is 11.7. The van der Waals surface area contributed by atoms with E-state index in [1.807, 2.05) is 27.7 Å². The molecule has 3 unspecified atom stereocenters. The van der Waals surface area contributed by atoms with Gasteiger partial charge < -0.3 is 14.9 Å². The molecule has 1 rings (SSSR count). The molecule has 5 heteroatoms. The Morgan fingerprint density at radius 2 is 1.79 bits per heavy atom. The molecule has 0 aromatic carbocycles. The Kier molecular flexibility index (Phi) is 4.96. The first-order valence-electron chi connectivity index (χ1n) is 6.83. The summed E-state index contributed by atoms with van der Waals surface area (Å²) in [6.45, 7) is 7.87. The Hall–Kier alpha value is -1.10. The molecule has 19 heavy (non-hydrogen) atoms. The average molecular weight is 272 g/mol. The molecule has 2 N–H and O–H groups in total. The van der Waals surface area contributed by atoms with Crippen LogP contribution in [0.15, 0.2) is 0 Å². The molecule has 3 atom stereocenters. The third kappa shape index (κ3) is 3.47. The summed E-state index contributed by atoms with van der Waals surface area (Å²) in [6, 6.07) is 0. The molecule has 110 valence electrons.